The van der Waals surface area contributed by atoms with Gasteiger partial charge in [-0.15, -0.1) is 0 Å². The molecular weight excluding hydrogens is 408 g/mol. The minimum atomic E-state index is -1.25. The molecule has 1 aliphatic heterocycles. The fourth-order valence-corrected chi connectivity index (χ4v) is 4.23. The Balaban J connectivity index is 1.66. The number of hydrogen-bond donors (Lipinski definition) is 0. The van der Waals surface area contributed by atoms with Gasteiger partial charge in [0.15, 0.2) is 0 Å². The van der Waals surface area contributed by atoms with E-state index in [1.54, 1.807) is 37.6 Å². The Morgan fingerprint density at radius 3 is 2.59 bits per heavy atom. The van der Waals surface area contributed by atoms with E-state index in [0.717, 1.165) is 11.1 Å². The number of carbonyl (C=O) groups excluding carboxylic acids is 3. The molecule has 1 atom stereocenters. The lowest BCUT2D eigenvalue weighted by Crippen LogP contribution is -2.42. The second-order valence-corrected chi connectivity index (χ2v) is 8.13. The van der Waals surface area contributed by atoms with Gasteiger partial charge < -0.3 is 9.42 Å². The number of aromatic nitrogens is 2. The molecule has 0 saturated carbocycles. The van der Waals surface area contributed by atoms with E-state index in [4.69, 9.17) is 4.52 Å². The molecule has 1 aromatic carbocycles. The molecule has 0 bridgehead atoms. The summed E-state index contributed by atoms with van der Waals surface area (Å²) in [6, 6.07) is 12.7. The summed E-state index contributed by atoms with van der Waals surface area (Å²) in [5, 5.41) is 3.84. The van der Waals surface area contributed by atoms with Gasteiger partial charge in [0.05, 0.1) is 18.5 Å². The molecule has 1 fully saturated rings. The summed E-state index contributed by atoms with van der Waals surface area (Å²) < 4.78 is 4.84. The van der Waals surface area contributed by atoms with E-state index in [1.807, 2.05) is 31.2 Å². The molecule has 3 heterocycles. The average molecular weight is 432 g/mol. The maximum atomic E-state index is 13.8. The van der Waals surface area contributed by atoms with Crippen molar-refractivity contribution >= 4 is 17.7 Å². The highest BCUT2D eigenvalue weighted by Gasteiger charge is 2.54. The molecule has 3 amide bonds. The Morgan fingerprint density at radius 2 is 1.91 bits per heavy atom. The molecule has 8 heteroatoms. The van der Waals surface area contributed by atoms with Crippen LogP contribution in [0.5, 0.6) is 0 Å². The van der Waals surface area contributed by atoms with Gasteiger partial charge >= 0.3 is 0 Å². The number of likely N-dealkylation sites (tertiary alicyclic amines) is 1. The minimum Gasteiger partial charge on any atom is -0.364 e. The molecule has 32 heavy (non-hydrogen) atoms. The van der Waals surface area contributed by atoms with Crippen molar-refractivity contribution in [2.24, 2.45) is 0 Å². The number of nitrogens with zero attached hydrogens (tertiary/aromatic N) is 4. The number of pyridine rings is 1. The first kappa shape index (κ1) is 21.4. The maximum Gasteiger partial charge on any atom is 0.241 e. The highest BCUT2D eigenvalue weighted by atomic mass is 16.5. The standard InChI is InChI=1S/C24H24N4O4/c1-17-5-3-4-6-20(17)24(13-21(29)27(2)16-19-9-12-32-26-19)14-22(30)28(23(24)31)15-18-7-10-25-11-8-18/h3-12H,13-16H2,1-2H3/t24-/m0/s1. The summed E-state index contributed by atoms with van der Waals surface area (Å²) in [5.74, 6) is -0.887. The monoisotopic (exact) mass is 432 g/mol. The molecule has 0 unspecified atom stereocenters. The smallest absolute Gasteiger partial charge is 0.241 e. The third-order valence-corrected chi connectivity index (χ3v) is 5.93. The molecule has 1 saturated heterocycles. The second-order valence-electron chi connectivity index (χ2n) is 8.13. The van der Waals surface area contributed by atoms with Crippen molar-refractivity contribution in [1.82, 2.24) is 19.9 Å². The SMILES string of the molecule is Cc1ccccc1[C@]1(CC(=O)N(C)Cc2ccon2)CC(=O)N(Cc2ccncc2)C1=O. The Hall–Kier alpha value is -3.81. The first-order valence-corrected chi connectivity index (χ1v) is 10.3. The van der Waals surface area contributed by atoms with Crippen LogP contribution in [0.4, 0.5) is 0 Å². The van der Waals surface area contributed by atoms with Gasteiger partial charge in [0.1, 0.15) is 12.0 Å². The number of hydrogen-bond acceptors (Lipinski definition) is 6. The lowest BCUT2D eigenvalue weighted by molar-refractivity contribution is -0.143. The molecule has 8 nitrogen and oxygen atoms in total. The maximum absolute atomic E-state index is 13.8. The van der Waals surface area contributed by atoms with Crippen molar-refractivity contribution in [3.63, 3.8) is 0 Å². The molecule has 0 aliphatic carbocycles. The highest BCUT2D eigenvalue weighted by Crippen LogP contribution is 2.42. The van der Waals surface area contributed by atoms with Crippen LogP contribution in [0, 0.1) is 6.92 Å². The van der Waals surface area contributed by atoms with E-state index in [9.17, 15) is 14.4 Å². The summed E-state index contributed by atoms with van der Waals surface area (Å²) in [5.41, 5.74) is 1.74. The largest absolute Gasteiger partial charge is 0.364 e. The summed E-state index contributed by atoms with van der Waals surface area (Å²) in [4.78, 5) is 46.8. The molecule has 0 radical (unpaired) electrons. The van der Waals surface area contributed by atoms with Crippen molar-refractivity contribution in [3.8, 4) is 0 Å². The predicted molar refractivity (Wildman–Crippen MR) is 115 cm³/mol. The first-order valence-electron chi connectivity index (χ1n) is 10.3. The Kier molecular flexibility index (Phi) is 5.85. The van der Waals surface area contributed by atoms with Crippen LogP contribution in [0.3, 0.4) is 0 Å². The summed E-state index contributed by atoms with van der Waals surface area (Å²) in [7, 11) is 1.65. The molecule has 3 aromatic rings. The Labute approximate surface area is 185 Å². The topological polar surface area (TPSA) is 96.6 Å². The van der Waals surface area contributed by atoms with Crippen molar-refractivity contribution in [3.05, 3.63) is 83.5 Å². The lowest BCUT2D eigenvalue weighted by Gasteiger charge is -2.30. The van der Waals surface area contributed by atoms with Crippen LogP contribution in [-0.4, -0.2) is 44.7 Å². The van der Waals surface area contributed by atoms with Gasteiger partial charge in [-0.05, 0) is 35.7 Å². The molecule has 0 spiro atoms. The van der Waals surface area contributed by atoms with Crippen LogP contribution in [-0.2, 0) is 32.9 Å². The molecule has 2 aromatic heterocycles. The van der Waals surface area contributed by atoms with Crippen molar-refractivity contribution in [2.45, 2.75) is 38.3 Å². The third kappa shape index (κ3) is 4.03. The van der Waals surface area contributed by atoms with Crippen LogP contribution in [0.15, 0.2) is 65.6 Å². The normalized spacial score (nSPS) is 18.2. The van der Waals surface area contributed by atoms with Gasteiger partial charge in [-0.25, -0.2) is 0 Å². The predicted octanol–water partition coefficient (Wildman–Crippen LogP) is 2.62. The van der Waals surface area contributed by atoms with E-state index in [2.05, 4.69) is 10.1 Å². The van der Waals surface area contributed by atoms with Gasteiger partial charge in [-0.1, -0.05) is 29.4 Å². The van der Waals surface area contributed by atoms with E-state index in [1.165, 1.54) is 16.1 Å². The second kappa shape index (κ2) is 8.74. The van der Waals surface area contributed by atoms with Crippen LogP contribution in [0.2, 0.25) is 0 Å². The fraction of sp³-hybridized carbons (Fsp3) is 0.292. The number of carbonyl (C=O) groups is 3. The number of benzene rings is 1. The third-order valence-electron chi connectivity index (χ3n) is 5.93. The quantitative estimate of drug-likeness (QED) is 0.533. The number of amides is 3. The number of aryl methyl sites for hydroxylation is 1. The Bertz CT molecular complexity index is 1130. The zero-order valence-corrected chi connectivity index (χ0v) is 18.0. The summed E-state index contributed by atoms with van der Waals surface area (Å²) in [6.07, 6.45) is 4.53. The van der Waals surface area contributed by atoms with Gasteiger partial charge in [0.25, 0.3) is 0 Å². The molecule has 0 N–H and O–H groups in total. The summed E-state index contributed by atoms with van der Waals surface area (Å²) >= 11 is 0. The first-order chi connectivity index (χ1) is 15.4. The molecular formula is C24H24N4O4. The minimum absolute atomic E-state index is 0.0503. The van der Waals surface area contributed by atoms with Crippen LogP contribution >= 0.6 is 0 Å². The van der Waals surface area contributed by atoms with E-state index >= 15 is 0 Å². The van der Waals surface area contributed by atoms with E-state index in [0.29, 0.717) is 11.3 Å². The lowest BCUT2D eigenvalue weighted by atomic mass is 9.74. The zero-order chi connectivity index (χ0) is 22.7. The van der Waals surface area contributed by atoms with Crippen LogP contribution < -0.4 is 0 Å². The Morgan fingerprint density at radius 1 is 1.16 bits per heavy atom. The van der Waals surface area contributed by atoms with Crippen molar-refractivity contribution < 1.29 is 18.9 Å². The highest BCUT2D eigenvalue weighted by molar-refractivity contribution is 6.10. The van der Waals surface area contributed by atoms with E-state index in [-0.39, 0.29) is 43.7 Å². The van der Waals surface area contributed by atoms with Crippen molar-refractivity contribution in [1.29, 1.82) is 0 Å². The molecule has 4 rings (SSSR count). The van der Waals surface area contributed by atoms with Crippen LogP contribution in [0.25, 0.3) is 0 Å². The number of rotatable bonds is 7. The fourth-order valence-electron chi connectivity index (χ4n) is 4.23. The summed E-state index contributed by atoms with van der Waals surface area (Å²) in [6.45, 7) is 2.29. The van der Waals surface area contributed by atoms with Crippen molar-refractivity contribution in [2.75, 3.05) is 7.05 Å². The van der Waals surface area contributed by atoms with Gasteiger partial charge in [-0.2, -0.15) is 0 Å². The number of imide groups is 1. The van der Waals surface area contributed by atoms with Crippen LogP contribution in [0.1, 0.15) is 35.2 Å². The van der Waals surface area contributed by atoms with Gasteiger partial charge in [0.2, 0.25) is 17.7 Å². The zero-order valence-electron chi connectivity index (χ0n) is 18.0. The average Bonchev–Trinajstić information content (AvgIpc) is 3.37. The van der Waals surface area contributed by atoms with Gasteiger partial charge in [-0.3, -0.25) is 24.3 Å². The van der Waals surface area contributed by atoms with Gasteiger partial charge in [0, 0.05) is 38.3 Å². The molecule has 1 aliphatic rings. The molecule has 164 valence electrons. The van der Waals surface area contributed by atoms with E-state index < -0.39 is 5.41 Å².